The van der Waals surface area contributed by atoms with Crippen LogP contribution < -0.4 is 5.32 Å². The molecule has 0 saturated carbocycles. The maximum atomic E-state index is 14.2. The number of hydrogen-bond donors (Lipinski definition) is 1. The van der Waals surface area contributed by atoms with Crippen LogP contribution in [0.15, 0.2) is 16.6 Å². The highest BCUT2D eigenvalue weighted by Crippen LogP contribution is 2.32. The van der Waals surface area contributed by atoms with Crippen molar-refractivity contribution >= 4 is 15.9 Å². The molecular weight excluding hydrogens is 336 g/mol. The Morgan fingerprint density at radius 1 is 1.14 bits per heavy atom. The minimum absolute atomic E-state index is 0.0106. The first-order valence-corrected chi connectivity index (χ1v) is 8.25. The number of benzene rings is 1. The zero-order valence-electron chi connectivity index (χ0n) is 13.6. The summed E-state index contributed by atoms with van der Waals surface area (Å²) in [5, 5.41) is 3.46. The summed E-state index contributed by atoms with van der Waals surface area (Å²) in [6, 6.07) is 2.74. The normalized spacial score (nSPS) is 15.0. The molecule has 0 aliphatic heterocycles. The van der Waals surface area contributed by atoms with Crippen LogP contribution in [0.4, 0.5) is 8.78 Å². The lowest BCUT2D eigenvalue weighted by atomic mass is 9.79. The van der Waals surface area contributed by atoms with E-state index in [0.717, 1.165) is 19.4 Å². The summed E-state index contributed by atoms with van der Waals surface area (Å²) in [4.78, 5) is 0. The largest absolute Gasteiger partial charge is 0.312 e. The van der Waals surface area contributed by atoms with Crippen molar-refractivity contribution in [3.8, 4) is 0 Å². The van der Waals surface area contributed by atoms with Gasteiger partial charge < -0.3 is 5.32 Å². The molecule has 120 valence electrons. The molecule has 0 heterocycles. The molecule has 1 nitrogen and oxygen atoms in total. The third-order valence-corrected chi connectivity index (χ3v) is 4.25. The number of hydrogen-bond acceptors (Lipinski definition) is 1. The van der Waals surface area contributed by atoms with Crippen molar-refractivity contribution < 1.29 is 8.78 Å². The van der Waals surface area contributed by atoms with Gasteiger partial charge in [0.15, 0.2) is 0 Å². The topological polar surface area (TPSA) is 12.0 Å². The molecule has 1 aromatic carbocycles. The fourth-order valence-corrected chi connectivity index (χ4v) is 2.85. The van der Waals surface area contributed by atoms with Gasteiger partial charge in [0.1, 0.15) is 11.6 Å². The molecule has 0 aliphatic carbocycles. The van der Waals surface area contributed by atoms with Crippen molar-refractivity contribution in [1.82, 2.24) is 5.32 Å². The predicted molar refractivity (Wildman–Crippen MR) is 88.5 cm³/mol. The molecule has 0 saturated heterocycles. The number of halogens is 3. The van der Waals surface area contributed by atoms with E-state index in [4.69, 9.17) is 0 Å². The third kappa shape index (κ3) is 5.67. The Labute approximate surface area is 135 Å². The maximum absolute atomic E-state index is 14.2. The Bertz CT molecular complexity index is 482. The van der Waals surface area contributed by atoms with Crippen molar-refractivity contribution in [2.24, 2.45) is 5.41 Å². The third-order valence-electron chi connectivity index (χ3n) is 3.64. The highest BCUT2D eigenvalue weighted by atomic mass is 79.9. The zero-order chi connectivity index (χ0) is 16.3. The van der Waals surface area contributed by atoms with Crippen molar-refractivity contribution in [3.05, 3.63) is 33.8 Å². The van der Waals surface area contributed by atoms with Gasteiger partial charge in [-0.1, -0.05) is 20.3 Å². The summed E-state index contributed by atoms with van der Waals surface area (Å²) < 4.78 is 28.5. The van der Waals surface area contributed by atoms with Crippen molar-refractivity contribution in [1.29, 1.82) is 0 Å². The van der Waals surface area contributed by atoms with Gasteiger partial charge in [-0.3, -0.25) is 0 Å². The number of rotatable bonds is 6. The fourth-order valence-electron chi connectivity index (χ4n) is 2.48. The molecule has 21 heavy (non-hydrogen) atoms. The fraction of sp³-hybridized carbons (Fsp3) is 0.647. The molecule has 0 radical (unpaired) electrons. The van der Waals surface area contributed by atoms with Gasteiger partial charge in [0, 0.05) is 17.6 Å². The van der Waals surface area contributed by atoms with Crippen LogP contribution in [0, 0.1) is 17.0 Å². The lowest BCUT2D eigenvalue weighted by Crippen LogP contribution is -2.44. The van der Waals surface area contributed by atoms with E-state index in [1.165, 1.54) is 12.1 Å². The average molecular weight is 362 g/mol. The summed E-state index contributed by atoms with van der Waals surface area (Å²) in [5.41, 5.74) is -0.00976. The van der Waals surface area contributed by atoms with Crippen LogP contribution in [0.25, 0.3) is 0 Å². The van der Waals surface area contributed by atoms with E-state index in [1.807, 2.05) is 0 Å². The molecule has 0 spiro atoms. The molecule has 0 amide bonds. The summed E-state index contributed by atoms with van der Waals surface area (Å²) in [6.07, 6.45) is 2.29. The Morgan fingerprint density at radius 3 is 2.29 bits per heavy atom. The van der Waals surface area contributed by atoms with Crippen LogP contribution in [0.1, 0.15) is 53.0 Å². The first-order chi connectivity index (χ1) is 9.58. The van der Waals surface area contributed by atoms with Crippen LogP contribution in [0.3, 0.4) is 0 Å². The van der Waals surface area contributed by atoms with Gasteiger partial charge >= 0.3 is 0 Å². The Balaban J connectivity index is 3.00. The van der Waals surface area contributed by atoms with Crippen molar-refractivity contribution in [3.63, 3.8) is 0 Å². The molecule has 0 fully saturated rings. The standard InChI is InChI=1S/C17H26BrF2N/c1-6-9-17(5,11-21-16(2,3)4)10-12-14(19)8-7-13(18)15(12)20/h7-8,21H,6,9-11H2,1-5H3. The second-order valence-corrected chi connectivity index (χ2v) is 8.02. The van der Waals surface area contributed by atoms with Crippen LogP contribution in [-0.4, -0.2) is 12.1 Å². The Morgan fingerprint density at radius 2 is 1.76 bits per heavy atom. The van der Waals surface area contributed by atoms with Crippen LogP contribution in [-0.2, 0) is 6.42 Å². The van der Waals surface area contributed by atoms with E-state index in [2.05, 4.69) is 55.9 Å². The smallest absolute Gasteiger partial charge is 0.143 e. The SMILES string of the molecule is CCCC(C)(CNC(C)(C)C)Cc1c(F)ccc(Br)c1F. The second-order valence-electron chi connectivity index (χ2n) is 7.16. The molecule has 0 aliphatic rings. The minimum Gasteiger partial charge on any atom is -0.312 e. The zero-order valence-corrected chi connectivity index (χ0v) is 15.2. The lowest BCUT2D eigenvalue weighted by Gasteiger charge is -2.34. The minimum atomic E-state index is -0.479. The van der Waals surface area contributed by atoms with Gasteiger partial charge in [0.05, 0.1) is 4.47 Å². The van der Waals surface area contributed by atoms with Crippen molar-refractivity contribution in [2.45, 2.75) is 59.4 Å². The maximum Gasteiger partial charge on any atom is 0.143 e. The molecule has 4 heteroatoms. The highest BCUT2D eigenvalue weighted by molar-refractivity contribution is 9.10. The van der Waals surface area contributed by atoms with E-state index < -0.39 is 11.6 Å². The molecule has 0 bridgehead atoms. The first kappa shape index (κ1) is 18.6. The van der Waals surface area contributed by atoms with E-state index in [9.17, 15) is 8.78 Å². The summed E-state index contributed by atoms with van der Waals surface area (Å²) in [5.74, 6) is -0.943. The van der Waals surface area contributed by atoms with E-state index in [0.29, 0.717) is 10.9 Å². The molecule has 0 aromatic heterocycles. The van der Waals surface area contributed by atoms with E-state index >= 15 is 0 Å². The van der Waals surface area contributed by atoms with Crippen molar-refractivity contribution in [2.75, 3.05) is 6.54 Å². The summed E-state index contributed by atoms with van der Waals surface area (Å²) in [7, 11) is 0. The van der Waals surface area contributed by atoms with Crippen LogP contribution in [0.5, 0.6) is 0 Å². The van der Waals surface area contributed by atoms with Gasteiger partial charge in [-0.05, 0) is 67.1 Å². The lowest BCUT2D eigenvalue weighted by molar-refractivity contribution is 0.239. The van der Waals surface area contributed by atoms with Gasteiger partial charge in [0.25, 0.3) is 0 Å². The summed E-state index contributed by atoms with van der Waals surface area (Å²) in [6.45, 7) is 11.2. The van der Waals surface area contributed by atoms with Gasteiger partial charge in [0.2, 0.25) is 0 Å². The van der Waals surface area contributed by atoms with E-state index in [-0.39, 0.29) is 16.5 Å². The Hall–Kier alpha value is -0.480. The molecule has 1 unspecified atom stereocenters. The molecular formula is C17H26BrF2N. The molecule has 1 rings (SSSR count). The molecule has 1 N–H and O–H groups in total. The number of nitrogens with one attached hydrogen (secondary N) is 1. The second kappa shape index (κ2) is 7.19. The van der Waals surface area contributed by atoms with Gasteiger partial charge in [-0.25, -0.2) is 8.78 Å². The quantitative estimate of drug-likeness (QED) is 0.662. The highest BCUT2D eigenvalue weighted by Gasteiger charge is 2.28. The predicted octanol–water partition coefficient (Wildman–Crippen LogP) is 5.46. The molecule has 1 aromatic rings. The van der Waals surface area contributed by atoms with Gasteiger partial charge in [-0.2, -0.15) is 0 Å². The monoisotopic (exact) mass is 361 g/mol. The van der Waals surface area contributed by atoms with Gasteiger partial charge in [-0.15, -0.1) is 0 Å². The average Bonchev–Trinajstić information content (AvgIpc) is 2.37. The molecule has 1 atom stereocenters. The van der Waals surface area contributed by atoms with Crippen LogP contribution in [0.2, 0.25) is 0 Å². The van der Waals surface area contributed by atoms with Crippen LogP contribution >= 0.6 is 15.9 Å². The Kier molecular flexibility index (Phi) is 6.36. The van der Waals surface area contributed by atoms with E-state index in [1.54, 1.807) is 0 Å². The summed E-state index contributed by atoms with van der Waals surface area (Å²) >= 11 is 3.14. The first-order valence-electron chi connectivity index (χ1n) is 7.45.